The van der Waals surface area contributed by atoms with Gasteiger partial charge in [-0.3, -0.25) is 0 Å². The molecule has 0 aliphatic rings. The van der Waals surface area contributed by atoms with E-state index in [0.29, 0.717) is 0 Å². The van der Waals surface area contributed by atoms with Crippen molar-refractivity contribution in [3.63, 3.8) is 0 Å². The van der Waals surface area contributed by atoms with Crippen molar-refractivity contribution >= 4 is 33.4 Å². The van der Waals surface area contributed by atoms with Gasteiger partial charge in [-0.1, -0.05) is 13.0 Å². The maximum absolute atomic E-state index is 3.54. The third-order valence-electron chi connectivity index (χ3n) is 1.63. The van der Waals surface area contributed by atoms with E-state index in [9.17, 15) is 0 Å². The second-order valence-electron chi connectivity index (χ2n) is 2.58. The summed E-state index contributed by atoms with van der Waals surface area (Å²) in [5.41, 5.74) is 1.22. The SMILES string of the molecule is CCNc1c(Br)cccc1SCC. The molecule has 1 rings (SSSR count). The Kier molecular flexibility index (Phi) is 4.67. The fourth-order valence-electron chi connectivity index (χ4n) is 1.13. The van der Waals surface area contributed by atoms with Gasteiger partial charge in [0, 0.05) is 15.9 Å². The Morgan fingerprint density at radius 2 is 2.15 bits per heavy atom. The van der Waals surface area contributed by atoms with Gasteiger partial charge in [-0.15, -0.1) is 11.8 Å². The predicted molar refractivity (Wildman–Crippen MR) is 64.7 cm³/mol. The Balaban J connectivity index is 2.95. The highest BCUT2D eigenvalue weighted by molar-refractivity contribution is 9.10. The van der Waals surface area contributed by atoms with Crippen molar-refractivity contribution in [1.29, 1.82) is 0 Å². The van der Waals surface area contributed by atoms with Crippen LogP contribution < -0.4 is 5.32 Å². The minimum Gasteiger partial charge on any atom is -0.384 e. The molecule has 1 aromatic carbocycles. The number of nitrogens with one attached hydrogen (secondary N) is 1. The minimum atomic E-state index is 0.958. The number of halogens is 1. The highest BCUT2D eigenvalue weighted by atomic mass is 79.9. The highest BCUT2D eigenvalue weighted by Gasteiger charge is 2.04. The molecule has 0 saturated heterocycles. The summed E-state index contributed by atoms with van der Waals surface area (Å²) in [6, 6.07) is 6.29. The maximum atomic E-state index is 3.54. The molecule has 3 heteroatoms. The summed E-state index contributed by atoms with van der Waals surface area (Å²) in [7, 11) is 0. The van der Waals surface area contributed by atoms with Crippen LogP contribution >= 0.6 is 27.7 Å². The number of hydrogen-bond acceptors (Lipinski definition) is 2. The van der Waals surface area contributed by atoms with Crippen LogP contribution in [0, 0.1) is 0 Å². The molecular weight excluding hydrogens is 246 g/mol. The number of para-hydroxylation sites is 1. The molecule has 0 saturated carbocycles. The third kappa shape index (κ3) is 2.92. The molecule has 0 bridgehead atoms. The number of benzene rings is 1. The summed E-state index contributed by atoms with van der Waals surface area (Å²) in [6.07, 6.45) is 0. The van der Waals surface area contributed by atoms with Gasteiger partial charge in [0.2, 0.25) is 0 Å². The van der Waals surface area contributed by atoms with Gasteiger partial charge >= 0.3 is 0 Å². The first-order valence-electron chi connectivity index (χ1n) is 4.44. The molecule has 1 nitrogen and oxygen atoms in total. The number of rotatable bonds is 4. The molecule has 0 unspecified atom stereocenters. The van der Waals surface area contributed by atoms with Gasteiger partial charge in [0.05, 0.1) is 5.69 Å². The lowest BCUT2D eigenvalue weighted by Crippen LogP contribution is -1.99. The zero-order valence-corrected chi connectivity index (χ0v) is 10.3. The van der Waals surface area contributed by atoms with Crippen molar-refractivity contribution < 1.29 is 0 Å². The van der Waals surface area contributed by atoms with Gasteiger partial charge in [0.1, 0.15) is 0 Å². The Morgan fingerprint density at radius 1 is 1.38 bits per heavy atom. The Bertz CT molecular complexity index is 276. The van der Waals surface area contributed by atoms with Crippen LogP contribution in [0.3, 0.4) is 0 Å². The van der Waals surface area contributed by atoms with Crippen LogP contribution in [-0.2, 0) is 0 Å². The number of hydrogen-bond donors (Lipinski definition) is 1. The van der Waals surface area contributed by atoms with Crippen LogP contribution in [0.25, 0.3) is 0 Å². The largest absolute Gasteiger partial charge is 0.384 e. The first kappa shape index (κ1) is 10.9. The molecule has 0 heterocycles. The smallest absolute Gasteiger partial charge is 0.0622 e. The molecule has 0 spiro atoms. The maximum Gasteiger partial charge on any atom is 0.0622 e. The summed E-state index contributed by atoms with van der Waals surface area (Å²) >= 11 is 5.41. The van der Waals surface area contributed by atoms with Gasteiger partial charge in [0.15, 0.2) is 0 Å². The van der Waals surface area contributed by atoms with Crippen molar-refractivity contribution in [2.45, 2.75) is 18.7 Å². The standard InChI is InChI=1S/C10H14BrNS/c1-3-12-10-8(11)6-5-7-9(10)13-4-2/h5-7,12H,3-4H2,1-2H3. The normalized spacial score (nSPS) is 10.1. The lowest BCUT2D eigenvalue weighted by atomic mass is 10.3. The molecule has 0 amide bonds. The number of anilines is 1. The molecule has 0 aromatic heterocycles. The highest BCUT2D eigenvalue weighted by Crippen LogP contribution is 2.33. The molecule has 0 aliphatic heterocycles. The van der Waals surface area contributed by atoms with Crippen molar-refractivity contribution in [2.24, 2.45) is 0 Å². The van der Waals surface area contributed by atoms with Crippen LogP contribution in [0.1, 0.15) is 13.8 Å². The van der Waals surface area contributed by atoms with E-state index in [1.165, 1.54) is 10.6 Å². The van der Waals surface area contributed by atoms with Crippen molar-refractivity contribution in [3.05, 3.63) is 22.7 Å². The van der Waals surface area contributed by atoms with E-state index in [2.05, 4.69) is 53.3 Å². The zero-order chi connectivity index (χ0) is 9.68. The fourth-order valence-corrected chi connectivity index (χ4v) is 2.58. The summed E-state index contributed by atoms with van der Waals surface area (Å²) < 4.78 is 1.15. The average Bonchev–Trinajstić information content (AvgIpc) is 2.11. The molecule has 0 aliphatic carbocycles. The Labute approximate surface area is 92.4 Å². The van der Waals surface area contributed by atoms with E-state index >= 15 is 0 Å². The number of thioether (sulfide) groups is 1. The van der Waals surface area contributed by atoms with Gasteiger partial charge < -0.3 is 5.32 Å². The first-order chi connectivity index (χ1) is 6.29. The van der Waals surface area contributed by atoms with Crippen molar-refractivity contribution in [2.75, 3.05) is 17.6 Å². The van der Waals surface area contributed by atoms with E-state index in [0.717, 1.165) is 16.8 Å². The molecule has 13 heavy (non-hydrogen) atoms. The van der Waals surface area contributed by atoms with Gasteiger partial charge in [-0.05, 0) is 40.7 Å². The van der Waals surface area contributed by atoms with Gasteiger partial charge in [-0.25, -0.2) is 0 Å². The molecule has 1 N–H and O–H groups in total. The minimum absolute atomic E-state index is 0.958. The molecule has 1 aromatic rings. The Hall–Kier alpha value is -0.150. The zero-order valence-electron chi connectivity index (χ0n) is 7.93. The van der Waals surface area contributed by atoms with E-state index in [-0.39, 0.29) is 0 Å². The topological polar surface area (TPSA) is 12.0 Å². The predicted octanol–water partition coefficient (Wildman–Crippen LogP) is 3.99. The second-order valence-corrected chi connectivity index (χ2v) is 4.74. The Morgan fingerprint density at radius 3 is 2.77 bits per heavy atom. The summed E-state index contributed by atoms with van der Waals surface area (Å²) in [6.45, 7) is 5.24. The van der Waals surface area contributed by atoms with Crippen molar-refractivity contribution in [1.82, 2.24) is 0 Å². The van der Waals surface area contributed by atoms with E-state index in [4.69, 9.17) is 0 Å². The quantitative estimate of drug-likeness (QED) is 0.821. The van der Waals surface area contributed by atoms with Crippen molar-refractivity contribution in [3.8, 4) is 0 Å². The average molecular weight is 260 g/mol. The van der Waals surface area contributed by atoms with Crippen LogP contribution in [-0.4, -0.2) is 12.3 Å². The van der Waals surface area contributed by atoms with Gasteiger partial charge in [-0.2, -0.15) is 0 Å². The molecular formula is C10H14BrNS. The lowest BCUT2D eigenvalue weighted by molar-refractivity contribution is 1.18. The monoisotopic (exact) mass is 259 g/mol. The van der Waals surface area contributed by atoms with Crippen LogP contribution in [0.5, 0.6) is 0 Å². The molecule has 0 radical (unpaired) electrons. The van der Waals surface area contributed by atoms with Crippen LogP contribution in [0.2, 0.25) is 0 Å². The van der Waals surface area contributed by atoms with Crippen LogP contribution in [0.4, 0.5) is 5.69 Å². The summed E-state index contributed by atoms with van der Waals surface area (Å²) in [5, 5.41) is 3.36. The molecule has 0 fully saturated rings. The van der Waals surface area contributed by atoms with Crippen LogP contribution in [0.15, 0.2) is 27.6 Å². The summed E-state index contributed by atoms with van der Waals surface area (Å²) in [4.78, 5) is 1.32. The second kappa shape index (κ2) is 5.55. The van der Waals surface area contributed by atoms with Gasteiger partial charge in [0.25, 0.3) is 0 Å². The van der Waals surface area contributed by atoms with E-state index < -0.39 is 0 Å². The summed E-state index contributed by atoms with van der Waals surface area (Å²) in [5.74, 6) is 1.11. The molecule has 72 valence electrons. The fraction of sp³-hybridized carbons (Fsp3) is 0.400. The van der Waals surface area contributed by atoms with E-state index in [1.807, 2.05) is 11.8 Å². The molecule has 0 atom stereocenters. The van der Waals surface area contributed by atoms with E-state index in [1.54, 1.807) is 0 Å². The third-order valence-corrected chi connectivity index (χ3v) is 3.23. The first-order valence-corrected chi connectivity index (χ1v) is 6.22. The lowest BCUT2D eigenvalue weighted by Gasteiger charge is -2.11.